The zero-order valence-corrected chi connectivity index (χ0v) is 44.8. The number of benzene rings is 4. The molecule has 0 radical (unpaired) electrons. The van der Waals surface area contributed by atoms with Crippen molar-refractivity contribution in [3.63, 3.8) is 0 Å². The minimum atomic E-state index is -2.05. The molecule has 2 aliphatic rings. The summed E-state index contributed by atoms with van der Waals surface area (Å²) in [5.41, 5.74) is 6.07. The summed E-state index contributed by atoms with van der Waals surface area (Å²) in [5, 5.41) is 11.3. The molecule has 3 N–H and O–H groups in total. The number of H-pyrrole nitrogens is 1. The smallest absolute Gasteiger partial charge is 0.497 e. The third kappa shape index (κ3) is 17.0. The molecule has 16 nitrogen and oxygen atoms in total. The Labute approximate surface area is 436 Å². The number of aromatic nitrogens is 1. The lowest BCUT2D eigenvalue weighted by molar-refractivity contribution is -0.287. The summed E-state index contributed by atoms with van der Waals surface area (Å²) in [6.45, 7) is 12.4. The highest BCUT2D eigenvalue weighted by atomic mass is 35.6. The highest BCUT2D eigenvalue weighted by Gasteiger charge is 2.59. The summed E-state index contributed by atoms with van der Waals surface area (Å²) >= 11 is 16.7. The van der Waals surface area contributed by atoms with E-state index in [4.69, 9.17) is 78.1 Å². The Morgan fingerprint density at radius 1 is 0.847 bits per heavy atom. The van der Waals surface area contributed by atoms with Gasteiger partial charge in [0.1, 0.15) is 29.9 Å². The lowest BCUT2D eigenvalue weighted by Crippen LogP contribution is -2.62. The van der Waals surface area contributed by atoms with Crippen LogP contribution in [0.15, 0.2) is 115 Å². The number of ether oxygens (including phenoxy) is 9. The maximum Gasteiger partial charge on any atom is 0.509 e. The van der Waals surface area contributed by atoms with E-state index in [1.54, 1.807) is 47.1 Å². The van der Waals surface area contributed by atoms with Gasteiger partial charge in [0.05, 0.1) is 26.9 Å². The number of esters is 1. The molecule has 2 fully saturated rings. The minimum absolute atomic E-state index is 0.00978. The van der Waals surface area contributed by atoms with E-state index in [9.17, 15) is 14.4 Å². The normalized spacial score (nSPS) is 17.7. The van der Waals surface area contributed by atoms with Crippen LogP contribution in [0, 0.1) is 5.41 Å². The van der Waals surface area contributed by atoms with Gasteiger partial charge in [-0.1, -0.05) is 129 Å². The van der Waals surface area contributed by atoms with Gasteiger partial charge in [-0.05, 0) is 84.2 Å². The van der Waals surface area contributed by atoms with Gasteiger partial charge >= 0.3 is 18.2 Å². The number of fused-ring (bicyclic) bond motifs is 2. The van der Waals surface area contributed by atoms with Crippen molar-refractivity contribution in [3.05, 3.63) is 132 Å². The topological polar surface area (TPSA) is 189 Å². The van der Waals surface area contributed by atoms with Gasteiger partial charge in [-0.2, -0.15) is 0 Å². The Bertz CT molecular complexity index is 2570. The number of hydrogen-bond acceptors (Lipinski definition) is 14. The first-order valence-corrected chi connectivity index (χ1v) is 23.9. The average Bonchev–Trinajstić information content (AvgIpc) is 3.97. The predicted molar refractivity (Wildman–Crippen MR) is 279 cm³/mol. The summed E-state index contributed by atoms with van der Waals surface area (Å²) in [6.07, 6.45) is -3.55. The Balaban J connectivity index is 0.000000212. The number of halogens is 3. The van der Waals surface area contributed by atoms with Gasteiger partial charge in [-0.25, -0.2) is 14.4 Å². The van der Waals surface area contributed by atoms with Crippen LogP contribution in [0.25, 0.3) is 22.0 Å². The highest BCUT2D eigenvalue weighted by molar-refractivity contribution is 6.76. The summed E-state index contributed by atoms with van der Waals surface area (Å²) < 4.78 is 44.6. The van der Waals surface area contributed by atoms with Crippen LogP contribution in [0.4, 0.5) is 9.59 Å². The molecule has 5 aromatic rings. The number of amides is 1. The molecule has 2 saturated heterocycles. The molecule has 4 atom stereocenters. The Morgan fingerprint density at radius 3 is 2.10 bits per heavy atom. The molecular formula is C53H65Cl3N4O12. The Morgan fingerprint density at radius 2 is 1.51 bits per heavy atom. The first-order valence-electron chi connectivity index (χ1n) is 22.8. The number of hydrogen-bond donors (Lipinski definition) is 3. The van der Waals surface area contributed by atoms with E-state index in [0.717, 1.165) is 28.2 Å². The quantitative estimate of drug-likeness (QED) is 0.0268. The van der Waals surface area contributed by atoms with Crippen molar-refractivity contribution >= 4 is 69.8 Å². The molecule has 19 heteroatoms. The number of alkyl carbamates (subject to hydrolysis) is 1. The van der Waals surface area contributed by atoms with E-state index >= 15 is 0 Å². The fourth-order valence-corrected chi connectivity index (χ4v) is 7.36. The van der Waals surface area contributed by atoms with Gasteiger partial charge in [0.25, 0.3) is 3.79 Å². The number of carbonyl (C=O) groups excluding carboxylic acids is 3. The number of nitrogens with zero attached hydrogens (tertiary/aromatic N) is 1. The molecule has 3 heterocycles. The number of alkyl halides is 3. The van der Waals surface area contributed by atoms with E-state index in [1.165, 1.54) is 42.6 Å². The molecule has 0 bridgehead atoms. The first kappa shape index (κ1) is 58.4. The van der Waals surface area contributed by atoms with Crippen molar-refractivity contribution in [2.45, 2.75) is 94.0 Å². The molecule has 2 aliphatic heterocycles. The second-order valence-electron chi connectivity index (χ2n) is 17.6. The van der Waals surface area contributed by atoms with E-state index in [2.05, 4.69) is 91.3 Å². The predicted octanol–water partition coefficient (Wildman–Crippen LogP) is 11.7. The van der Waals surface area contributed by atoms with Crippen LogP contribution >= 0.6 is 34.8 Å². The third-order valence-corrected chi connectivity index (χ3v) is 11.4. The van der Waals surface area contributed by atoms with Crippen molar-refractivity contribution in [3.8, 4) is 22.6 Å². The van der Waals surface area contributed by atoms with Crippen molar-refractivity contribution < 1.29 is 57.0 Å². The summed E-state index contributed by atoms with van der Waals surface area (Å²) in [7, 11) is 9.53. The van der Waals surface area contributed by atoms with Gasteiger partial charge in [0, 0.05) is 44.2 Å². The summed E-state index contributed by atoms with van der Waals surface area (Å²) in [5.74, 6) is 1.53. The molecule has 0 aliphatic carbocycles. The summed E-state index contributed by atoms with van der Waals surface area (Å²) in [6, 6.07) is 34.2. The van der Waals surface area contributed by atoms with Crippen LogP contribution in [-0.2, 0) is 44.6 Å². The Kier molecular flexibility index (Phi) is 21.9. The monoisotopic (exact) mass is 1050 g/mol. The zero-order valence-electron chi connectivity index (χ0n) is 42.5. The second kappa shape index (κ2) is 27.0. The second-order valence-corrected chi connectivity index (χ2v) is 19.9. The molecule has 1 amide bonds. The third-order valence-electron chi connectivity index (χ3n) is 10.9. The van der Waals surface area contributed by atoms with Crippen LogP contribution in [-0.4, -0.2) is 111 Å². The lowest BCUT2D eigenvalue weighted by atomic mass is 9.89. The van der Waals surface area contributed by atoms with E-state index in [0.29, 0.717) is 11.8 Å². The molecule has 7 rings (SSSR count). The number of aromatic amines is 1. The van der Waals surface area contributed by atoms with Crippen LogP contribution in [0.2, 0.25) is 0 Å². The number of para-hydroxylation sites is 1. The van der Waals surface area contributed by atoms with E-state index in [-0.39, 0.29) is 12.3 Å². The molecular weight excluding hydrogens is 991 g/mol. The maximum atomic E-state index is 11.6. The van der Waals surface area contributed by atoms with Gasteiger partial charge in [-0.15, -0.1) is 0 Å². The van der Waals surface area contributed by atoms with Crippen molar-refractivity contribution in [1.29, 1.82) is 5.41 Å². The lowest BCUT2D eigenvalue weighted by Gasteiger charge is -2.45. The van der Waals surface area contributed by atoms with Crippen molar-refractivity contribution in [1.82, 2.24) is 15.2 Å². The molecule has 1 aromatic heterocycles. The van der Waals surface area contributed by atoms with Crippen LogP contribution in [0.3, 0.4) is 0 Å². The molecule has 4 aromatic carbocycles. The van der Waals surface area contributed by atoms with Crippen molar-refractivity contribution in [2.75, 3.05) is 42.5 Å². The molecule has 72 heavy (non-hydrogen) atoms. The van der Waals surface area contributed by atoms with E-state index < -0.39 is 58.1 Å². The average molecular weight is 1060 g/mol. The summed E-state index contributed by atoms with van der Waals surface area (Å²) in [4.78, 5) is 39.5. The number of carbonyl (C=O) groups is 3. The number of rotatable bonds is 12. The fourth-order valence-electron chi connectivity index (χ4n) is 7.23. The molecule has 390 valence electrons. The fraction of sp³-hybridized carbons (Fsp3) is 0.396. The zero-order chi connectivity index (χ0) is 53.3. The molecule has 1 unspecified atom stereocenters. The van der Waals surface area contributed by atoms with Crippen LogP contribution in [0.5, 0.6) is 11.5 Å². The first-order chi connectivity index (χ1) is 34.0. The van der Waals surface area contributed by atoms with Crippen molar-refractivity contribution in [2.24, 2.45) is 0 Å². The molecule has 0 saturated carbocycles. The standard InChI is InChI=1S/C17H20O2.C14H18N2O4.C11H14Cl3NO6.C11H13N/c1-12(2)13-8-9-17(19-4)16(11-13)14-6-5-7-15(10-14)18-3;1-16(2)9-12(13(17)19-3)15-14(18)20-10-11-7-5-4-6-8-11;1-10(2)6(17-3)4-5(19-9(16)18-4)7(21-10)20-8(15)11(12,13)14;1-8(2)11-7-9-5-3-4-6-10(9)12-11/h5-12H,1-4H3;4-9H,10H2,1-3H3,(H,15,18);4-7,15H,1-3H3;3-8,12H,1-2H3/b;12-9+;;/t;;4-,5+,6+,7?;/m..0./s1. The van der Waals surface area contributed by atoms with Gasteiger partial charge in [0.15, 0.2) is 6.10 Å². The van der Waals surface area contributed by atoms with Gasteiger partial charge < -0.3 is 52.5 Å². The maximum absolute atomic E-state index is 11.6. The van der Waals surface area contributed by atoms with Gasteiger partial charge in [-0.3, -0.25) is 10.7 Å². The largest absolute Gasteiger partial charge is 0.509 e. The SMILES string of the molecule is CC(C)c1cc2ccccc2[nH]1.COC(=O)/C(=C\N(C)C)NC(=O)OCc1ccccc1.CO[C@@H]1[C@H]2OC(=O)O[C@H]2C(OC(=N)C(Cl)(Cl)Cl)OC1(C)C.COc1cccc(-c2cc(C(C)C)ccc2OC)c1. The highest BCUT2D eigenvalue weighted by Crippen LogP contribution is 2.40. The minimum Gasteiger partial charge on any atom is -0.497 e. The number of methoxy groups -OCH3 is 4. The molecule has 0 spiro atoms. The van der Waals surface area contributed by atoms with E-state index in [1.807, 2.05) is 54.6 Å². The van der Waals surface area contributed by atoms with Gasteiger partial charge in [0.2, 0.25) is 18.3 Å². The van der Waals surface area contributed by atoms with Crippen LogP contribution < -0.4 is 14.8 Å². The number of nitrogens with one attached hydrogen (secondary N) is 3. The Hall–Kier alpha value is -6.17. The van der Waals surface area contributed by atoms with Crippen LogP contribution in [0.1, 0.15) is 70.2 Å².